The molecule has 0 amide bonds. The molecule has 0 unspecified atom stereocenters. The number of ether oxygens (including phenoxy) is 2. The number of hydrogen-bond donors (Lipinski definition) is 0. The molecule has 1 fully saturated rings. The Balaban J connectivity index is 1.53. The average Bonchev–Trinajstić information content (AvgIpc) is 2.87. The van der Waals surface area contributed by atoms with Crippen LogP contribution >= 0.6 is 0 Å². The number of fused-ring (bicyclic) bond motifs is 2. The summed E-state index contributed by atoms with van der Waals surface area (Å²) in [6, 6.07) is 9.34. The highest BCUT2D eigenvalue weighted by Crippen LogP contribution is 2.37. The smallest absolute Gasteiger partial charge is 0.243 e. The summed E-state index contributed by atoms with van der Waals surface area (Å²) in [5.74, 6) is 1.95. The van der Waals surface area contributed by atoms with Crippen molar-refractivity contribution in [3.63, 3.8) is 0 Å². The van der Waals surface area contributed by atoms with E-state index in [0.29, 0.717) is 36.0 Å². The Kier molecular flexibility index (Phi) is 6.05. The number of anilines is 1. The third-order valence-electron chi connectivity index (χ3n) is 6.73. The largest absolute Gasteiger partial charge is 0.493 e. The van der Waals surface area contributed by atoms with E-state index in [1.54, 1.807) is 24.6 Å². The number of piperazine rings is 1. The lowest BCUT2D eigenvalue weighted by Crippen LogP contribution is -2.47. The third-order valence-corrected chi connectivity index (χ3v) is 8.71. The molecule has 10 heteroatoms. The first kappa shape index (κ1) is 22.8. The minimum absolute atomic E-state index is 0.400. The van der Waals surface area contributed by atoms with Gasteiger partial charge in [0.15, 0.2) is 11.5 Å². The lowest BCUT2D eigenvalue weighted by atomic mass is 9.99. The fraction of sp³-hybridized carbons (Fsp3) is 0.417. The van der Waals surface area contributed by atoms with Gasteiger partial charge < -0.3 is 19.3 Å². The molecular formula is C24H29N5O4S. The van der Waals surface area contributed by atoms with E-state index in [-0.39, 0.29) is 0 Å². The number of likely N-dealkylation sites (N-methyl/N-ethyl adjacent to an activating group) is 1. The fourth-order valence-corrected chi connectivity index (χ4v) is 6.44. The second-order valence-electron chi connectivity index (χ2n) is 8.69. The topological polar surface area (TPSA) is 88.1 Å². The number of sulfonamides is 1. The van der Waals surface area contributed by atoms with Crippen LogP contribution in [0.2, 0.25) is 0 Å². The molecule has 180 valence electrons. The zero-order chi connectivity index (χ0) is 23.9. The van der Waals surface area contributed by atoms with Crippen molar-refractivity contribution < 1.29 is 17.9 Å². The molecule has 3 aromatic rings. The van der Waals surface area contributed by atoms with Crippen molar-refractivity contribution in [1.29, 1.82) is 0 Å². The van der Waals surface area contributed by atoms with Crippen molar-refractivity contribution in [2.75, 3.05) is 58.9 Å². The van der Waals surface area contributed by atoms with E-state index in [4.69, 9.17) is 9.47 Å². The van der Waals surface area contributed by atoms with Gasteiger partial charge in [-0.3, -0.25) is 0 Å². The van der Waals surface area contributed by atoms with Gasteiger partial charge in [-0.1, -0.05) is 12.1 Å². The lowest BCUT2D eigenvalue weighted by molar-refractivity contribution is 0.222. The molecule has 2 aromatic carbocycles. The highest BCUT2D eigenvalue weighted by atomic mass is 32.2. The number of nitrogens with zero attached hydrogens (tertiary/aromatic N) is 5. The molecule has 34 heavy (non-hydrogen) atoms. The third kappa shape index (κ3) is 3.95. The van der Waals surface area contributed by atoms with Crippen LogP contribution in [0.5, 0.6) is 11.5 Å². The van der Waals surface area contributed by atoms with E-state index in [1.165, 1.54) is 6.33 Å². The Hall–Kier alpha value is -2.95. The summed E-state index contributed by atoms with van der Waals surface area (Å²) in [4.78, 5) is 13.7. The highest BCUT2D eigenvalue weighted by molar-refractivity contribution is 7.89. The van der Waals surface area contributed by atoms with Gasteiger partial charge in [0, 0.05) is 50.7 Å². The van der Waals surface area contributed by atoms with E-state index in [0.717, 1.165) is 53.9 Å². The molecule has 5 rings (SSSR count). The Labute approximate surface area is 200 Å². The molecule has 1 aromatic heterocycles. The maximum atomic E-state index is 13.6. The Bertz CT molecular complexity index is 1320. The molecule has 9 nitrogen and oxygen atoms in total. The summed E-state index contributed by atoms with van der Waals surface area (Å²) in [5.41, 5.74) is 2.66. The molecule has 1 saturated heterocycles. The van der Waals surface area contributed by atoms with Crippen LogP contribution in [-0.2, 0) is 23.0 Å². The summed E-state index contributed by atoms with van der Waals surface area (Å²) >= 11 is 0. The molecule has 3 heterocycles. The Morgan fingerprint density at radius 1 is 0.941 bits per heavy atom. The zero-order valence-corrected chi connectivity index (χ0v) is 20.5. The first-order valence-electron chi connectivity index (χ1n) is 11.3. The maximum absolute atomic E-state index is 13.6. The molecule has 0 aliphatic carbocycles. The van der Waals surface area contributed by atoms with Crippen LogP contribution in [0, 0.1) is 0 Å². The molecule has 2 aliphatic heterocycles. The average molecular weight is 484 g/mol. The molecule has 0 spiro atoms. The van der Waals surface area contributed by atoms with Crippen molar-refractivity contribution in [3.05, 3.63) is 47.8 Å². The van der Waals surface area contributed by atoms with E-state index in [9.17, 15) is 8.42 Å². The van der Waals surface area contributed by atoms with Crippen LogP contribution in [0.15, 0.2) is 41.6 Å². The molecule has 0 radical (unpaired) electrons. The predicted molar refractivity (Wildman–Crippen MR) is 130 cm³/mol. The number of methoxy groups -OCH3 is 2. The van der Waals surface area contributed by atoms with Crippen LogP contribution in [0.1, 0.15) is 11.1 Å². The van der Waals surface area contributed by atoms with Gasteiger partial charge in [-0.25, -0.2) is 18.4 Å². The molecule has 2 aliphatic rings. The van der Waals surface area contributed by atoms with Crippen LogP contribution in [-0.4, -0.2) is 81.6 Å². The van der Waals surface area contributed by atoms with Crippen molar-refractivity contribution in [3.8, 4) is 11.5 Å². The lowest BCUT2D eigenvalue weighted by Gasteiger charge is -2.34. The minimum Gasteiger partial charge on any atom is -0.493 e. The molecule has 0 bridgehead atoms. The van der Waals surface area contributed by atoms with Gasteiger partial charge in [-0.15, -0.1) is 0 Å². The normalized spacial score (nSPS) is 17.6. The van der Waals surface area contributed by atoms with Gasteiger partial charge >= 0.3 is 0 Å². The van der Waals surface area contributed by atoms with E-state index in [2.05, 4.69) is 19.8 Å². The SMILES string of the molecule is COc1cc2ncnc(N3CCc4cccc(S(=O)(=O)N5CCN(C)CC5)c4C3)c2cc1OC. The molecule has 0 atom stereocenters. The number of benzene rings is 2. The Morgan fingerprint density at radius 3 is 2.41 bits per heavy atom. The predicted octanol–water partition coefficient (Wildman–Crippen LogP) is 2.15. The first-order chi connectivity index (χ1) is 16.4. The monoisotopic (exact) mass is 483 g/mol. The maximum Gasteiger partial charge on any atom is 0.243 e. The van der Waals surface area contributed by atoms with Gasteiger partial charge in [-0.2, -0.15) is 4.31 Å². The zero-order valence-electron chi connectivity index (χ0n) is 19.7. The van der Waals surface area contributed by atoms with Crippen LogP contribution in [0.25, 0.3) is 10.9 Å². The fourth-order valence-electron chi connectivity index (χ4n) is 4.76. The van der Waals surface area contributed by atoms with Gasteiger partial charge in [0.05, 0.1) is 24.6 Å². The van der Waals surface area contributed by atoms with Gasteiger partial charge in [0.1, 0.15) is 12.1 Å². The Morgan fingerprint density at radius 2 is 1.68 bits per heavy atom. The quantitative estimate of drug-likeness (QED) is 0.546. The summed E-state index contributed by atoms with van der Waals surface area (Å²) in [6.07, 6.45) is 2.27. The number of rotatable bonds is 5. The minimum atomic E-state index is -3.58. The summed E-state index contributed by atoms with van der Waals surface area (Å²) in [6.45, 7) is 3.66. The van der Waals surface area contributed by atoms with Crippen LogP contribution < -0.4 is 14.4 Å². The van der Waals surface area contributed by atoms with Gasteiger partial charge in [-0.05, 0) is 36.7 Å². The number of hydrogen-bond acceptors (Lipinski definition) is 8. The van der Waals surface area contributed by atoms with Crippen molar-refractivity contribution in [2.45, 2.75) is 17.9 Å². The standard InChI is InChI=1S/C24H29N5O4S/c1-27-9-11-29(12-10-27)34(30,31)23-6-4-5-17-7-8-28(15-19(17)23)24-18-13-21(32-2)22(33-3)14-20(18)25-16-26-24/h4-6,13-14,16H,7-12,15H2,1-3H3. The first-order valence-corrected chi connectivity index (χ1v) is 12.8. The second kappa shape index (κ2) is 9.01. The van der Waals surface area contributed by atoms with Gasteiger partial charge in [0.25, 0.3) is 0 Å². The van der Waals surface area contributed by atoms with Crippen molar-refractivity contribution >= 4 is 26.7 Å². The molecular weight excluding hydrogens is 454 g/mol. The van der Waals surface area contributed by atoms with Crippen LogP contribution in [0.3, 0.4) is 0 Å². The summed E-state index contributed by atoms with van der Waals surface area (Å²) < 4.78 is 39.7. The molecule has 0 saturated carbocycles. The van der Waals surface area contributed by atoms with E-state index >= 15 is 0 Å². The highest BCUT2D eigenvalue weighted by Gasteiger charge is 2.32. The van der Waals surface area contributed by atoms with Crippen LogP contribution in [0.4, 0.5) is 5.82 Å². The molecule has 0 N–H and O–H groups in total. The van der Waals surface area contributed by atoms with Crippen molar-refractivity contribution in [2.24, 2.45) is 0 Å². The summed E-state index contributed by atoms with van der Waals surface area (Å²) in [7, 11) is 1.62. The summed E-state index contributed by atoms with van der Waals surface area (Å²) in [5, 5.41) is 0.836. The van der Waals surface area contributed by atoms with Gasteiger partial charge in [0.2, 0.25) is 10.0 Å². The van der Waals surface area contributed by atoms with E-state index < -0.39 is 10.0 Å². The van der Waals surface area contributed by atoms with E-state index in [1.807, 2.05) is 31.3 Å². The number of aromatic nitrogens is 2. The second-order valence-corrected chi connectivity index (χ2v) is 10.6. The van der Waals surface area contributed by atoms with Crippen molar-refractivity contribution in [1.82, 2.24) is 19.2 Å².